The largest absolute Gasteiger partial charge is 0.456 e. The second-order valence-electron chi connectivity index (χ2n) is 13.7. The second-order valence-corrected chi connectivity index (χ2v) is 13.7. The van der Waals surface area contributed by atoms with Gasteiger partial charge in [0.25, 0.3) is 0 Å². The third kappa shape index (κ3) is 4.82. The van der Waals surface area contributed by atoms with Gasteiger partial charge in [0.15, 0.2) is 0 Å². The summed E-state index contributed by atoms with van der Waals surface area (Å²) in [6.07, 6.45) is 0. The van der Waals surface area contributed by atoms with Gasteiger partial charge in [-0.25, -0.2) is 0 Å². The van der Waals surface area contributed by atoms with Crippen LogP contribution in [0.15, 0.2) is 197 Å². The Morgan fingerprint density at radius 3 is 1.87 bits per heavy atom. The first kappa shape index (κ1) is 29.6. The number of furan rings is 2. The first-order chi connectivity index (χ1) is 26.2. The van der Waals surface area contributed by atoms with Crippen molar-refractivity contribution >= 4 is 82.5 Å². The zero-order chi connectivity index (χ0) is 34.9. The minimum Gasteiger partial charge on any atom is -0.456 e. The van der Waals surface area contributed by atoms with Crippen LogP contribution in [0.5, 0.6) is 0 Å². The highest BCUT2D eigenvalue weighted by Crippen LogP contribution is 2.46. The predicted molar refractivity (Wildman–Crippen MR) is 222 cm³/mol. The summed E-state index contributed by atoms with van der Waals surface area (Å²) in [5, 5.41) is 9.23. The molecule has 0 saturated carbocycles. The van der Waals surface area contributed by atoms with Gasteiger partial charge < -0.3 is 13.7 Å². The number of nitrogens with zero attached hydrogens (tertiary/aromatic N) is 1. The number of hydrogen-bond acceptors (Lipinski definition) is 3. The molecule has 9 aromatic carbocycles. The predicted octanol–water partition coefficient (Wildman–Crippen LogP) is 14.6. The number of para-hydroxylation sites is 3. The smallest absolute Gasteiger partial charge is 0.143 e. The lowest BCUT2D eigenvalue weighted by Gasteiger charge is -2.28. The first-order valence-electron chi connectivity index (χ1n) is 18.0. The van der Waals surface area contributed by atoms with Crippen molar-refractivity contribution in [2.75, 3.05) is 4.90 Å². The summed E-state index contributed by atoms with van der Waals surface area (Å²) >= 11 is 0. The molecular formula is C50H31NO2. The van der Waals surface area contributed by atoms with E-state index < -0.39 is 0 Å². The quantitative estimate of drug-likeness (QED) is 0.182. The van der Waals surface area contributed by atoms with Crippen LogP contribution in [-0.4, -0.2) is 0 Å². The first-order valence-corrected chi connectivity index (χ1v) is 18.0. The fourth-order valence-electron chi connectivity index (χ4n) is 8.07. The molecule has 0 radical (unpaired) electrons. The van der Waals surface area contributed by atoms with Gasteiger partial charge in [0.1, 0.15) is 22.3 Å². The van der Waals surface area contributed by atoms with E-state index in [4.69, 9.17) is 8.83 Å². The van der Waals surface area contributed by atoms with Crippen molar-refractivity contribution in [3.63, 3.8) is 0 Å². The van der Waals surface area contributed by atoms with E-state index in [0.717, 1.165) is 77.6 Å². The molecule has 0 fully saturated rings. The Morgan fingerprint density at radius 1 is 0.321 bits per heavy atom. The van der Waals surface area contributed by atoms with Crippen molar-refractivity contribution in [2.24, 2.45) is 0 Å². The maximum absolute atomic E-state index is 6.77. The van der Waals surface area contributed by atoms with Crippen LogP contribution in [0.25, 0.3) is 87.7 Å². The molecule has 0 amide bonds. The van der Waals surface area contributed by atoms with E-state index in [2.05, 4.69) is 181 Å². The van der Waals surface area contributed by atoms with Gasteiger partial charge in [-0.05, 0) is 93.3 Å². The molecule has 0 aliphatic carbocycles. The minimum absolute atomic E-state index is 0.868. The molecule has 53 heavy (non-hydrogen) atoms. The summed E-state index contributed by atoms with van der Waals surface area (Å²) in [4.78, 5) is 2.37. The Hall–Kier alpha value is -7.10. The topological polar surface area (TPSA) is 29.5 Å². The van der Waals surface area contributed by atoms with Crippen molar-refractivity contribution in [2.45, 2.75) is 0 Å². The van der Waals surface area contributed by atoms with Crippen LogP contribution in [0.3, 0.4) is 0 Å². The summed E-state index contributed by atoms with van der Waals surface area (Å²) < 4.78 is 13.0. The highest BCUT2D eigenvalue weighted by Gasteiger charge is 2.22. The molecule has 11 rings (SSSR count). The molecule has 0 unspecified atom stereocenters. The molecule has 2 aromatic heterocycles. The third-order valence-electron chi connectivity index (χ3n) is 10.6. The molecule has 3 heteroatoms. The van der Waals surface area contributed by atoms with E-state index in [1.165, 1.54) is 27.1 Å². The van der Waals surface area contributed by atoms with Crippen molar-refractivity contribution < 1.29 is 8.83 Å². The molecule has 0 N–H and O–H groups in total. The van der Waals surface area contributed by atoms with Crippen LogP contribution in [0, 0.1) is 0 Å². The molecule has 0 aliphatic heterocycles. The van der Waals surface area contributed by atoms with Crippen molar-refractivity contribution in [1.29, 1.82) is 0 Å². The third-order valence-corrected chi connectivity index (χ3v) is 10.6. The lowest BCUT2D eigenvalue weighted by molar-refractivity contribution is 0.669. The Morgan fingerprint density at radius 2 is 0.962 bits per heavy atom. The molecule has 2 heterocycles. The van der Waals surface area contributed by atoms with Gasteiger partial charge in [0, 0.05) is 44.0 Å². The number of anilines is 3. The van der Waals surface area contributed by atoms with Gasteiger partial charge in [0.05, 0.1) is 5.69 Å². The summed E-state index contributed by atoms with van der Waals surface area (Å²) in [7, 11) is 0. The van der Waals surface area contributed by atoms with E-state index in [-0.39, 0.29) is 0 Å². The van der Waals surface area contributed by atoms with E-state index in [9.17, 15) is 0 Å². The molecular weight excluding hydrogens is 647 g/mol. The van der Waals surface area contributed by atoms with Gasteiger partial charge in [-0.2, -0.15) is 0 Å². The minimum atomic E-state index is 0.868. The second kappa shape index (κ2) is 11.7. The van der Waals surface area contributed by atoms with Crippen LogP contribution in [0.2, 0.25) is 0 Å². The highest BCUT2D eigenvalue weighted by molar-refractivity contribution is 6.14. The number of hydrogen-bond donors (Lipinski definition) is 0. The average molecular weight is 678 g/mol. The number of fused-ring (bicyclic) bond motifs is 8. The SMILES string of the molecule is c1cc(-c2ccc3ccccc3c2)cc(N(c2ccc3oc4ccccc4c3c2)c2ccccc2-c2cccc3c2oc2cc4ccccc4cc23)c1. The summed E-state index contributed by atoms with van der Waals surface area (Å²) in [5.74, 6) is 0. The van der Waals surface area contributed by atoms with Crippen LogP contribution in [0.1, 0.15) is 0 Å². The van der Waals surface area contributed by atoms with Gasteiger partial charge in [-0.3, -0.25) is 0 Å². The van der Waals surface area contributed by atoms with Crippen molar-refractivity contribution in [3.05, 3.63) is 188 Å². The van der Waals surface area contributed by atoms with Gasteiger partial charge in [-0.1, -0.05) is 127 Å². The monoisotopic (exact) mass is 677 g/mol. The van der Waals surface area contributed by atoms with Gasteiger partial charge >= 0.3 is 0 Å². The molecule has 11 aromatic rings. The average Bonchev–Trinajstić information content (AvgIpc) is 3.78. The Labute approximate surface area is 305 Å². The van der Waals surface area contributed by atoms with Crippen LogP contribution in [0.4, 0.5) is 17.1 Å². The number of benzene rings is 9. The maximum Gasteiger partial charge on any atom is 0.143 e. The Kier molecular flexibility index (Phi) is 6.55. The van der Waals surface area contributed by atoms with Gasteiger partial charge in [0.2, 0.25) is 0 Å². The summed E-state index contributed by atoms with van der Waals surface area (Å²) in [5.41, 5.74) is 11.1. The number of rotatable bonds is 5. The van der Waals surface area contributed by atoms with E-state index in [1.54, 1.807) is 0 Å². The van der Waals surface area contributed by atoms with E-state index >= 15 is 0 Å². The zero-order valence-corrected chi connectivity index (χ0v) is 28.7. The van der Waals surface area contributed by atoms with E-state index in [0.29, 0.717) is 0 Å². The fraction of sp³-hybridized carbons (Fsp3) is 0. The van der Waals surface area contributed by atoms with Crippen LogP contribution >= 0.6 is 0 Å². The Balaban J connectivity index is 1.14. The highest BCUT2D eigenvalue weighted by atomic mass is 16.3. The van der Waals surface area contributed by atoms with Crippen molar-refractivity contribution in [3.8, 4) is 22.3 Å². The molecule has 0 bridgehead atoms. The molecule has 0 saturated heterocycles. The zero-order valence-electron chi connectivity index (χ0n) is 28.7. The Bertz CT molecular complexity index is 3200. The van der Waals surface area contributed by atoms with Crippen LogP contribution < -0.4 is 4.90 Å². The van der Waals surface area contributed by atoms with E-state index in [1.807, 2.05) is 12.1 Å². The van der Waals surface area contributed by atoms with Crippen molar-refractivity contribution in [1.82, 2.24) is 0 Å². The molecule has 0 spiro atoms. The standard InChI is InChI=1S/C50H31NO2/c1-2-12-33-27-37(24-23-32(33)11-1)34-15-9-16-38(28-34)51(39-25-26-48-45(31-39)41-18-6-8-22-47(41)52-48)46-21-7-5-17-40(46)42-19-10-20-43-44-29-35-13-3-4-14-36(35)30-49(44)53-50(42)43/h1-31H. The molecule has 3 nitrogen and oxygen atoms in total. The summed E-state index contributed by atoms with van der Waals surface area (Å²) in [6, 6.07) is 66.9. The lowest BCUT2D eigenvalue weighted by atomic mass is 9.98. The maximum atomic E-state index is 6.77. The molecule has 0 atom stereocenters. The lowest BCUT2D eigenvalue weighted by Crippen LogP contribution is -2.11. The van der Waals surface area contributed by atoms with Gasteiger partial charge in [-0.15, -0.1) is 0 Å². The van der Waals surface area contributed by atoms with Crippen LogP contribution in [-0.2, 0) is 0 Å². The molecule has 0 aliphatic rings. The summed E-state index contributed by atoms with van der Waals surface area (Å²) in [6.45, 7) is 0. The fourth-order valence-corrected chi connectivity index (χ4v) is 8.07. The molecule has 248 valence electrons. The normalized spacial score (nSPS) is 11.8.